The number of methoxy groups -OCH3 is 1. The van der Waals surface area contributed by atoms with Gasteiger partial charge in [0.1, 0.15) is 4.83 Å². The van der Waals surface area contributed by atoms with Gasteiger partial charge in [0.05, 0.1) is 20.0 Å². The van der Waals surface area contributed by atoms with Gasteiger partial charge in [-0.3, -0.25) is 14.2 Å². The van der Waals surface area contributed by atoms with Crippen LogP contribution in [0.4, 0.5) is 0 Å². The molecular formula is C9H11BrN2O3. The van der Waals surface area contributed by atoms with E-state index in [1.165, 1.54) is 24.1 Å². The average molecular weight is 275 g/mol. The van der Waals surface area contributed by atoms with Gasteiger partial charge >= 0.3 is 5.97 Å². The molecule has 1 atom stereocenters. The molecule has 0 saturated carbocycles. The first kappa shape index (κ1) is 11.9. The molecule has 1 aromatic heterocycles. The van der Waals surface area contributed by atoms with Gasteiger partial charge < -0.3 is 4.74 Å². The van der Waals surface area contributed by atoms with Gasteiger partial charge in [-0.1, -0.05) is 15.9 Å². The number of aromatic nitrogens is 2. The Labute approximate surface area is 95.2 Å². The first-order valence-electron chi connectivity index (χ1n) is 4.29. The van der Waals surface area contributed by atoms with Crippen molar-refractivity contribution < 1.29 is 9.53 Å². The van der Waals surface area contributed by atoms with Crippen LogP contribution < -0.4 is 5.56 Å². The van der Waals surface area contributed by atoms with Crippen molar-refractivity contribution in [3.63, 3.8) is 0 Å². The second kappa shape index (κ2) is 5.06. The van der Waals surface area contributed by atoms with E-state index in [2.05, 4.69) is 25.7 Å². The lowest BCUT2D eigenvalue weighted by molar-refractivity contribution is -0.140. The standard InChI is InChI=1S/C9H11BrN2O3/c1-6-3-8(13)12(5-11-6)4-7(10)9(14)15-2/h3,5,7H,4H2,1-2H3. The molecule has 0 amide bonds. The Kier molecular flexibility index (Phi) is 4.02. The number of esters is 1. The molecule has 0 saturated heterocycles. The molecule has 1 heterocycles. The van der Waals surface area contributed by atoms with Gasteiger partial charge in [-0.15, -0.1) is 0 Å². The first-order valence-corrected chi connectivity index (χ1v) is 5.21. The number of halogens is 1. The van der Waals surface area contributed by atoms with Gasteiger partial charge in [-0.25, -0.2) is 4.98 Å². The number of alkyl halides is 1. The molecule has 0 N–H and O–H groups in total. The van der Waals surface area contributed by atoms with Crippen molar-refractivity contribution in [1.82, 2.24) is 9.55 Å². The van der Waals surface area contributed by atoms with Gasteiger partial charge in [-0.2, -0.15) is 0 Å². The van der Waals surface area contributed by atoms with Crippen molar-refractivity contribution in [2.45, 2.75) is 18.3 Å². The van der Waals surface area contributed by atoms with Gasteiger partial charge in [0.15, 0.2) is 0 Å². The molecule has 1 unspecified atom stereocenters. The molecule has 0 aliphatic heterocycles. The summed E-state index contributed by atoms with van der Waals surface area (Å²) in [4.78, 5) is 26.0. The molecule has 0 aliphatic carbocycles. The number of carbonyl (C=O) groups excluding carboxylic acids is 1. The Hall–Kier alpha value is -1.17. The minimum atomic E-state index is -0.537. The summed E-state index contributed by atoms with van der Waals surface area (Å²) >= 11 is 3.13. The lowest BCUT2D eigenvalue weighted by Gasteiger charge is -2.09. The summed E-state index contributed by atoms with van der Waals surface area (Å²) in [5.74, 6) is -0.414. The van der Waals surface area contributed by atoms with E-state index in [0.29, 0.717) is 5.69 Å². The number of ether oxygens (including phenoxy) is 1. The van der Waals surface area contributed by atoms with Gasteiger partial charge in [0.2, 0.25) is 0 Å². The number of aryl methyl sites for hydroxylation is 1. The summed E-state index contributed by atoms with van der Waals surface area (Å²) in [7, 11) is 1.30. The number of nitrogens with zero attached hydrogens (tertiary/aromatic N) is 2. The molecule has 0 aromatic carbocycles. The molecule has 1 aromatic rings. The first-order chi connectivity index (χ1) is 7.04. The van der Waals surface area contributed by atoms with Crippen LogP contribution in [0.1, 0.15) is 5.69 Å². The lowest BCUT2D eigenvalue weighted by atomic mass is 10.4. The predicted octanol–water partition coefficient (Wildman–Crippen LogP) is 0.488. The molecule has 0 spiro atoms. The lowest BCUT2D eigenvalue weighted by Crippen LogP contribution is -2.28. The van der Waals surface area contributed by atoms with Crippen LogP contribution >= 0.6 is 15.9 Å². The molecule has 5 nitrogen and oxygen atoms in total. The van der Waals surface area contributed by atoms with Gasteiger partial charge in [0.25, 0.3) is 5.56 Å². The third kappa shape index (κ3) is 3.16. The zero-order valence-corrected chi connectivity index (χ0v) is 10.0. The van der Waals surface area contributed by atoms with Crippen molar-refractivity contribution in [3.8, 4) is 0 Å². The second-order valence-electron chi connectivity index (χ2n) is 3.01. The highest BCUT2D eigenvalue weighted by molar-refractivity contribution is 9.10. The molecule has 82 valence electrons. The number of rotatable bonds is 3. The SMILES string of the molecule is COC(=O)C(Br)Cn1cnc(C)cc1=O. The fraction of sp³-hybridized carbons (Fsp3) is 0.444. The summed E-state index contributed by atoms with van der Waals surface area (Å²) in [6, 6.07) is 1.41. The van der Waals surface area contributed by atoms with E-state index in [1.54, 1.807) is 6.92 Å². The second-order valence-corrected chi connectivity index (χ2v) is 4.12. The van der Waals surface area contributed by atoms with E-state index in [1.807, 2.05) is 0 Å². The van der Waals surface area contributed by atoms with Gasteiger partial charge in [0, 0.05) is 11.8 Å². The molecule has 15 heavy (non-hydrogen) atoms. The molecule has 0 fully saturated rings. The van der Waals surface area contributed by atoms with Crippen molar-refractivity contribution in [1.29, 1.82) is 0 Å². The van der Waals surface area contributed by atoms with Crippen LogP contribution in [0.3, 0.4) is 0 Å². The monoisotopic (exact) mass is 274 g/mol. The van der Waals surface area contributed by atoms with Gasteiger partial charge in [-0.05, 0) is 6.92 Å². The van der Waals surface area contributed by atoms with Crippen molar-refractivity contribution in [3.05, 3.63) is 28.4 Å². The largest absolute Gasteiger partial charge is 0.468 e. The Balaban J connectivity index is 2.81. The maximum atomic E-state index is 11.4. The van der Waals surface area contributed by atoms with Crippen LogP contribution in [-0.4, -0.2) is 27.5 Å². The smallest absolute Gasteiger partial charge is 0.321 e. The number of hydrogen-bond donors (Lipinski definition) is 0. The average Bonchev–Trinajstić information content (AvgIpc) is 2.20. The van der Waals surface area contributed by atoms with Crippen molar-refractivity contribution in [2.24, 2.45) is 0 Å². The van der Waals surface area contributed by atoms with E-state index in [-0.39, 0.29) is 12.1 Å². The fourth-order valence-electron chi connectivity index (χ4n) is 1.03. The Morgan fingerprint density at radius 2 is 2.40 bits per heavy atom. The summed E-state index contributed by atoms with van der Waals surface area (Å²) in [6.07, 6.45) is 1.41. The van der Waals surface area contributed by atoms with Crippen molar-refractivity contribution in [2.75, 3.05) is 7.11 Å². The number of carbonyl (C=O) groups is 1. The van der Waals surface area contributed by atoms with Crippen molar-refractivity contribution >= 4 is 21.9 Å². The van der Waals surface area contributed by atoms with Crippen LogP contribution in [0, 0.1) is 6.92 Å². The number of hydrogen-bond acceptors (Lipinski definition) is 4. The minimum Gasteiger partial charge on any atom is -0.468 e. The quantitative estimate of drug-likeness (QED) is 0.595. The normalized spacial score (nSPS) is 12.2. The highest BCUT2D eigenvalue weighted by Crippen LogP contribution is 2.03. The Morgan fingerprint density at radius 1 is 1.73 bits per heavy atom. The highest BCUT2D eigenvalue weighted by Gasteiger charge is 2.16. The predicted molar refractivity (Wildman–Crippen MR) is 58.0 cm³/mol. The summed E-state index contributed by atoms with van der Waals surface area (Å²) in [5, 5.41) is 0. The van der Waals surface area contributed by atoms with Crippen LogP contribution in [0.25, 0.3) is 0 Å². The zero-order valence-electron chi connectivity index (χ0n) is 8.44. The third-order valence-corrected chi connectivity index (χ3v) is 2.49. The molecule has 6 heteroatoms. The molecular weight excluding hydrogens is 264 g/mol. The van der Waals surface area contributed by atoms with Crippen LogP contribution in [0.5, 0.6) is 0 Å². The van der Waals surface area contributed by atoms with E-state index >= 15 is 0 Å². The Morgan fingerprint density at radius 3 is 2.93 bits per heavy atom. The molecule has 0 bridgehead atoms. The zero-order chi connectivity index (χ0) is 11.4. The summed E-state index contributed by atoms with van der Waals surface area (Å²) in [6.45, 7) is 1.94. The summed E-state index contributed by atoms with van der Waals surface area (Å²) < 4.78 is 5.88. The van der Waals surface area contributed by atoms with Crippen LogP contribution in [-0.2, 0) is 16.1 Å². The van der Waals surface area contributed by atoms with Crippen LogP contribution in [0.15, 0.2) is 17.2 Å². The molecule has 0 radical (unpaired) electrons. The maximum absolute atomic E-state index is 11.4. The highest BCUT2D eigenvalue weighted by atomic mass is 79.9. The third-order valence-electron chi connectivity index (χ3n) is 1.83. The topological polar surface area (TPSA) is 61.2 Å². The molecule has 0 aliphatic rings. The minimum absolute atomic E-state index is 0.184. The van der Waals surface area contributed by atoms with E-state index < -0.39 is 10.8 Å². The van der Waals surface area contributed by atoms with E-state index in [4.69, 9.17) is 0 Å². The van der Waals surface area contributed by atoms with E-state index in [9.17, 15) is 9.59 Å². The van der Waals surface area contributed by atoms with E-state index in [0.717, 1.165) is 0 Å². The summed E-state index contributed by atoms with van der Waals surface area (Å²) in [5.41, 5.74) is 0.469. The maximum Gasteiger partial charge on any atom is 0.321 e. The van der Waals surface area contributed by atoms with Crippen LogP contribution in [0.2, 0.25) is 0 Å². The fourth-order valence-corrected chi connectivity index (χ4v) is 1.53. The molecule has 1 rings (SSSR count). The Bertz CT molecular complexity index is 416.